The van der Waals surface area contributed by atoms with Gasteiger partial charge >= 0.3 is 0 Å². The Hall–Kier alpha value is -4.34. The summed E-state index contributed by atoms with van der Waals surface area (Å²) in [4.78, 5) is 0. The molecule has 0 radical (unpaired) electrons. The normalized spacial score (nSPS) is 27.0. The molecular formula is C48H54O11. The molecule has 0 aliphatic carbocycles. The van der Waals surface area contributed by atoms with E-state index in [-0.39, 0.29) is 39.6 Å². The summed E-state index contributed by atoms with van der Waals surface area (Å²) >= 11 is 0. The summed E-state index contributed by atoms with van der Waals surface area (Å²) in [5, 5.41) is 23.9. The summed E-state index contributed by atoms with van der Waals surface area (Å²) in [6, 6.07) is 48.8. The molecule has 312 valence electrons. The maximum Gasteiger partial charge on any atom is 0.186 e. The fourth-order valence-electron chi connectivity index (χ4n) is 7.28. The first-order chi connectivity index (χ1) is 29.1. The molecule has 0 bridgehead atoms. The molecule has 0 unspecified atom stereocenters. The Kier molecular flexibility index (Phi) is 16.2. The lowest BCUT2D eigenvalue weighted by Gasteiger charge is -2.46. The molecule has 5 aromatic rings. The van der Waals surface area contributed by atoms with Crippen molar-refractivity contribution in [2.75, 3.05) is 20.3 Å². The quantitative estimate of drug-likeness (QED) is 0.0912. The number of rotatable bonds is 20. The molecule has 2 saturated heterocycles. The van der Waals surface area contributed by atoms with Gasteiger partial charge in [-0.1, -0.05) is 152 Å². The van der Waals surface area contributed by atoms with Crippen LogP contribution >= 0.6 is 0 Å². The Morgan fingerprint density at radius 3 is 1.22 bits per heavy atom. The number of benzene rings is 5. The highest BCUT2D eigenvalue weighted by Gasteiger charge is 2.50. The molecule has 2 aliphatic rings. The Labute approximate surface area is 346 Å². The van der Waals surface area contributed by atoms with Crippen molar-refractivity contribution in [3.05, 3.63) is 179 Å². The van der Waals surface area contributed by atoms with Crippen LogP contribution in [0.15, 0.2) is 152 Å². The average Bonchev–Trinajstić information content (AvgIpc) is 3.29. The molecule has 0 aromatic heterocycles. The van der Waals surface area contributed by atoms with E-state index in [4.69, 9.17) is 42.6 Å². The predicted molar refractivity (Wildman–Crippen MR) is 218 cm³/mol. The number of ether oxygens (including phenoxy) is 9. The van der Waals surface area contributed by atoms with Crippen molar-refractivity contribution in [1.29, 1.82) is 0 Å². The van der Waals surface area contributed by atoms with Gasteiger partial charge in [0, 0.05) is 7.11 Å². The Morgan fingerprint density at radius 2 is 0.763 bits per heavy atom. The summed E-state index contributed by atoms with van der Waals surface area (Å²) in [5.41, 5.74) is 4.74. The lowest BCUT2D eigenvalue weighted by atomic mass is 9.97. The first-order valence-corrected chi connectivity index (χ1v) is 20.1. The van der Waals surface area contributed by atoms with E-state index < -0.39 is 61.4 Å². The molecule has 11 nitrogen and oxygen atoms in total. The third-order valence-electron chi connectivity index (χ3n) is 10.4. The van der Waals surface area contributed by atoms with Gasteiger partial charge in [-0.2, -0.15) is 0 Å². The molecule has 5 aromatic carbocycles. The minimum Gasteiger partial charge on any atom is -0.387 e. The van der Waals surface area contributed by atoms with Crippen molar-refractivity contribution >= 4 is 0 Å². The van der Waals surface area contributed by atoms with E-state index in [1.807, 2.05) is 152 Å². The lowest BCUT2D eigenvalue weighted by molar-refractivity contribution is -0.343. The molecule has 7 rings (SSSR count). The van der Waals surface area contributed by atoms with Crippen LogP contribution in [0.5, 0.6) is 0 Å². The smallest absolute Gasteiger partial charge is 0.186 e. The second kappa shape index (κ2) is 22.3. The highest BCUT2D eigenvalue weighted by molar-refractivity contribution is 5.17. The van der Waals surface area contributed by atoms with E-state index in [9.17, 15) is 10.2 Å². The van der Waals surface area contributed by atoms with Crippen molar-refractivity contribution < 1.29 is 52.8 Å². The van der Waals surface area contributed by atoms with Crippen LogP contribution in [0, 0.1) is 0 Å². The summed E-state index contributed by atoms with van der Waals surface area (Å²) in [6.45, 7) is 1.23. The number of aliphatic hydroxyl groups excluding tert-OH is 2. The molecule has 10 atom stereocenters. The molecule has 2 N–H and O–H groups in total. The fourth-order valence-corrected chi connectivity index (χ4v) is 7.28. The SMILES string of the molecule is CO[C@H]1O[C@H](CO[C@H]2O[C@@H](COCc3ccccc3)[C@H](OCc3ccccc3)[C@@H](OCc3ccccc3)[C@@H]2O)[C@@H](OCc2ccccc2)[C@H](O)[C@@H]1OCc1ccccc1. The van der Waals surface area contributed by atoms with Gasteiger partial charge in [0.25, 0.3) is 0 Å². The van der Waals surface area contributed by atoms with Gasteiger partial charge in [-0.25, -0.2) is 0 Å². The van der Waals surface area contributed by atoms with Crippen LogP contribution in [0.2, 0.25) is 0 Å². The Bertz CT molecular complexity index is 1890. The number of aliphatic hydroxyl groups is 2. The monoisotopic (exact) mass is 806 g/mol. The van der Waals surface area contributed by atoms with E-state index >= 15 is 0 Å². The van der Waals surface area contributed by atoms with Gasteiger partial charge in [0.15, 0.2) is 12.6 Å². The maximum absolute atomic E-state index is 12.1. The molecule has 0 spiro atoms. The van der Waals surface area contributed by atoms with Gasteiger partial charge in [-0.3, -0.25) is 0 Å². The fraction of sp³-hybridized carbons (Fsp3) is 0.375. The molecule has 59 heavy (non-hydrogen) atoms. The molecule has 0 saturated carbocycles. The van der Waals surface area contributed by atoms with Crippen LogP contribution in [0.4, 0.5) is 0 Å². The van der Waals surface area contributed by atoms with E-state index in [1.54, 1.807) is 0 Å². The molecule has 2 aliphatic heterocycles. The third-order valence-corrected chi connectivity index (χ3v) is 10.4. The van der Waals surface area contributed by atoms with Gasteiger partial charge in [0.1, 0.15) is 48.8 Å². The highest BCUT2D eigenvalue weighted by Crippen LogP contribution is 2.32. The lowest BCUT2D eigenvalue weighted by Crippen LogP contribution is -2.63. The average molecular weight is 807 g/mol. The number of hydrogen-bond donors (Lipinski definition) is 2. The van der Waals surface area contributed by atoms with Crippen LogP contribution in [0.3, 0.4) is 0 Å². The molecule has 11 heteroatoms. The van der Waals surface area contributed by atoms with Crippen LogP contribution in [0.1, 0.15) is 27.8 Å². The topological polar surface area (TPSA) is 124 Å². The van der Waals surface area contributed by atoms with Gasteiger partial charge in [-0.05, 0) is 27.8 Å². The van der Waals surface area contributed by atoms with Crippen LogP contribution in [0.25, 0.3) is 0 Å². The minimum atomic E-state index is -1.29. The first-order valence-electron chi connectivity index (χ1n) is 20.1. The first kappa shape index (κ1) is 42.8. The van der Waals surface area contributed by atoms with Crippen molar-refractivity contribution in [3.63, 3.8) is 0 Å². The molecular weight excluding hydrogens is 753 g/mol. The van der Waals surface area contributed by atoms with E-state index in [0.29, 0.717) is 6.61 Å². The Morgan fingerprint density at radius 1 is 0.390 bits per heavy atom. The maximum atomic E-state index is 12.1. The van der Waals surface area contributed by atoms with Gasteiger partial charge in [-0.15, -0.1) is 0 Å². The second-order valence-electron chi connectivity index (χ2n) is 14.7. The molecule has 2 fully saturated rings. The van der Waals surface area contributed by atoms with Gasteiger partial charge in [0.05, 0.1) is 46.2 Å². The standard InChI is InChI=1S/C48H54O11/c1-51-48-46(56-31-38-25-15-6-16-26-38)41(49)43(53-28-35-19-9-3-10-20-35)40(59-48)33-57-47-42(50)45(55-30-37-23-13-5-14-24-37)44(54-29-36-21-11-4-12-22-36)39(58-47)32-52-27-34-17-7-2-8-18-34/h2-26,39-50H,27-33H2,1H3/t39-,40+,41-,42-,43+,44-,45-,46-,47-,48-/m0/s1. The predicted octanol–water partition coefficient (Wildman–Crippen LogP) is 6.38. The largest absolute Gasteiger partial charge is 0.387 e. The Balaban J connectivity index is 1.11. The van der Waals surface area contributed by atoms with E-state index in [0.717, 1.165) is 27.8 Å². The van der Waals surface area contributed by atoms with Crippen LogP contribution in [-0.2, 0) is 75.7 Å². The molecule has 2 heterocycles. The van der Waals surface area contributed by atoms with Crippen LogP contribution in [-0.4, -0.2) is 91.9 Å². The number of methoxy groups -OCH3 is 1. The zero-order chi connectivity index (χ0) is 40.7. The second-order valence-corrected chi connectivity index (χ2v) is 14.7. The summed E-state index contributed by atoms with van der Waals surface area (Å²) < 4.78 is 57.1. The van der Waals surface area contributed by atoms with E-state index in [1.165, 1.54) is 7.11 Å². The van der Waals surface area contributed by atoms with Crippen molar-refractivity contribution in [3.8, 4) is 0 Å². The van der Waals surface area contributed by atoms with Crippen molar-refractivity contribution in [2.45, 2.75) is 94.4 Å². The number of hydrogen-bond acceptors (Lipinski definition) is 11. The molecule has 0 amide bonds. The van der Waals surface area contributed by atoms with Gasteiger partial charge in [0.2, 0.25) is 0 Å². The zero-order valence-electron chi connectivity index (χ0n) is 33.2. The van der Waals surface area contributed by atoms with Crippen molar-refractivity contribution in [2.24, 2.45) is 0 Å². The zero-order valence-corrected chi connectivity index (χ0v) is 33.2. The summed E-state index contributed by atoms with van der Waals surface area (Å²) in [5.74, 6) is 0. The summed E-state index contributed by atoms with van der Waals surface area (Å²) in [7, 11) is 1.50. The van der Waals surface area contributed by atoms with Crippen molar-refractivity contribution in [1.82, 2.24) is 0 Å². The highest BCUT2D eigenvalue weighted by atomic mass is 16.7. The van der Waals surface area contributed by atoms with Crippen LogP contribution < -0.4 is 0 Å². The summed E-state index contributed by atoms with van der Waals surface area (Å²) in [6.07, 6.45) is -9.55. The van der Waals surface area contributed by atoms with E-state index in [2.05, 4.69) is 0 Å². The minimum absolute atomic E-state index is 0.125. The van der Waals surface area contributed by atoms with Gasteiger partial charge < -0.3 is 52.8 Å². The third kappa shape index (κ3) is 12.1.